The Hall–Kier alpha value is -1.30. The number of rotatable bonds is 6. The summed E-state index contributed by atoms with van der Waals surface area (Å²) in [4.78, 5) is 27.2. The third kappa shape index (κ3) is 4.88. The number of amides is 2. The van der Waals surface area contributed by atoms with Crippen LogP contribution >= 0.6 is 0 Å². The van der Waals surface area contributed by atoms with Gasteiger partial charge in [0.15, 0.2) is 0 Å². The second-order valence-corrected chi connectivity index (χ2v) is 6.41. The normalized spacial score (nSPS) is 19.1. The van der Waals surface area contributed by atoms with Gasteiger partial charge >= 0.3 is 12.0 Å². The number of carbonyl (C=O) groups is 2. The van der Waals surface area contributed by atoms with Gasteiger partial charge in [0.2, 0.25) is 0 Å². The van der Waals surface area contributed by atoms with E-state index in [1.54, 1.807) is 11.9 Å². The van der Waals surface area contributed by atoms with Gasteiger partial charge in [-0.05, 0) is 33.9 Å². The average molecular weight is 299 g/mol. The molecule has 0 aromatic rings. The van der Waals surface area contributed by atoms with E-state index < -0.39 is 11.5 Å². The molecule has 0 bridgehead atoms. The number of aliphatic carboxylic acids is 1. The zero-order valence-corrected chi connectivity index (χ0v) is 13.7. The van der Waals surface area contributed by atoms with Crippen LogP contribution in [0.3, 0.4) is 0 Å². The van der Waals surface area contributed by atoms with Crippen molar-refractivity contribution in [2.75, 3.05) is 27.7 Å². The molecule has 0 spiro atoms. The Kier molecular flexibility index (Phi) is 6.45. The molecule has 0 saturated heterocycles. The van der Waals surface area contributed by atoms with Gasteiger partial charge in [-0.3, -0.25) is 4.79 Å². The first-order chi connectivity index (χ1) is 9.78. The Morgan fingerprint density at radius 2 is 1.76 bits per heavy atom. The topological polar surface area (TPSA) is 72.9 Å². The summed E-state index contributed by atoms with van der Waals surface area (Å²) < 4.78 is 0. The van der Waals surface area contributed by atoms with E-state index in [9.17, 15) is 14.7 Å². The van der Waals surface area contributed by atoms with Crippen LogP contribution in [0.1, 0.15) is 45.4 Å². The molecule has 2 N–H and O–H groups in total. The van der Waals surface area contributed by atoms with Gasteiger partial charge in [-0.25, -0.2) is 4.79 Å². The van der Waals surface area contributed by atoms with Crippen molar-refractivity contribution in [2.45, 2.75) is 57.0 Å². The minimum atomic E-state index is -0.835. The van der Waals surface area contributed by atoms with Crippen molar-refractivity contribution in [3.05, 3.63) is 0 Å². The Bertz CT molecular complexity index is 365. The van der Waals surface area contributed by atoms with E-state index in [1.807, 2.05) is 25.9 Å². The number of nitrogens with one attached hydrogen (secondary N) is 1. The summed E-state index contributed by atoms with van der Waals surface area (Å²) in [5.41, 5.74) is -0.532. The van der Waals surface area contributed by atoms with Crippen LogP contribution in [0.2, 0.25) is 0 Å². The van der Waals surface area contributed by atoms with Crippen molar-refractivity contribution in [3.63, 3.8) is 0 Å². The highest BCUT2D eigenvalue weighted by Crippen LogP contribution is 2.35. The van der Waals surface area contributed by atoms with Crippen molar-refractivity contribution in [1.82, 2.24) is 15.1 Å². The summed E-state index contributed by atoms with van der Waals surface area (Å²) >= 11 is 0. The zero-order valence-electron chi connectivity index (χ0n) is 13.7. The highest BCUT2D eigenvalue weighted by atomic mass is 16.4. The summed E-state index contributed by atoms with van der Waals surface area (Å²) in [6, 6.07) is 0.0657. The van der Waals surface area contributed by atoms with Crippen molar-refractivity contribution in [2.24, 2.45) is 0 Å². The quantitative estimate of drug-likeness (QED) is 0.784. The van der Waals surface area contributed by atoms with Gasteiger partial charge in [-0.15, -0.1) is 0 Å². The molecule has 0 aromatic heterocycles. The lowest BCUT2D eigenvalue weighted by atomic mass is 9.78. The minimum absolute atomic E-state index is 0.0279. The molecule has 1 rings (SSSR count). The van der Waals surface area contributed by atoms with E-state index >= 15 is 0 Å². The molecule has 122 valence electrons. The van der Waals surface area contributed by atoms with E-state index in [2.05, 4.69) is 5.32 Å². The van der Waals surface area contributed by atoms with Crippen LogP contribution in [-0.4, -0.2) is 66.2 Å². The van der Waals surface area contributed by atoms with Gasteiger partial charge in [0.25, 0.3) is 0 Å². The number of hydrogen-bond acceptors (Lipinski definition) is 3. The third-order valence-electron chi connectivity index (χ3n) is 4.71. The molecule has 1 saturated carbocycles. The molecule has 1 fully saturated rings. The van der Waals surface area contributed by atoms with E-state index in [-0.39, 0.29) is 18.5 Å². The minimum Gasteiger partial charge on any atom is -0.481 e. The summed E-state index contributed by atoms with van der Waals surface area (Å²) in [5.74, 6) is -0.835. The lowest BCUT2D eigenvalue weighted by molar-refractivity contribution is -0.140. The lowest BCUT2D eigenvalue weighted by Gasteiger charge is -2.43. The maximum Gasteiger partial charge on any atom is 0.317 e. The summed E-state index contributed by atoms with van der Waals surface area (Å²) in [6.07, 6.45) is 4.66. The molecule has 6 nitrogen and oxygen atoms in total. The van der Waals surface area contributed by atoms with Crippen LogP contribution < -0.4 is 5.32 Å². The predicted molar refractivity (Wildman–Crippen MR) is 82.4 cm³/mol. The van der Waals surface area contributed by atoms with E-state index in [4.69, 9.17) is 0 Å². The van der Waals surface area contributed by atoms with Gasteiger partial charge in [0.05, 0.1) is 12.0 Å². The standard InChI is InChI=1S/C15H29N3O3/c1-12(17(2)3)11-16-14(21)18(4)15(10-13(19)20)8-6-5-7-9-15/h12H,5-11H2,1-4H3,(H,16,21)(H,19,20). The molecular weight excluding hydrogens is 270 g/mol. The first-order valence-corrected chi connectivity index (χ1v) is 7.68. The molecule has 0 radical (unpaired) electrons. The molecule has 1 aliphatic carbocycles. The lowest BCUT2D eigenvalue weighted by Crippen LogP contribution is -2.56. The molecule has 1 aliphatic rings. The molecule has 2 amide bonds. The molecule has 0 heterocycles. The number of nitrogens with zero attached hydrogens (tertiary/aromatic N) is 2. The largest absolute Gasteiger partial charge is 0.481 e. The molecule has 0 aliphatic heterocycles. The monoisotopic (exact) mass is 299 g/mol. The van der Waals surface area contributed by atoms with Gasteiger partial charge < -0.3 is 20.2 Å². The first kappa shape index (κ1) is 17.8. The third-order valence-corrected chi connectivity index (χ3v) is 4.71. The Balaban J connectivity index is 2.68. The van der Waals surface area contributed by atoms with Gasteiger partial charge in [-0.1, -0.05) is 19.3 Å². The number of urea groups is 1. The maximum atomic E-state index is 12.4. The van der Waals surface area contributed by atoms with Gasteiger partial charge in [0, 0.05) is 19.6 Å². The van der Waals surface area contributed by atoms with Crippen LogP contribution in [0.25, 0.3) is 0 Å². The predicted octanol–water partition coefficient (Wildman–Crippen LogP) is 1.76. The van der Waals surface area contributed by atoms with Gasteiger partial charge in [0.1, 0.15) is 0 Å². The van der Waals surface area contributed by atoms with Crippen molar-refractivity contribution < 1.29 is 14.7 Å². The summed E-state index contributed by atoms with van der Waals surface area (Å²) in [7, 11) is 5.66. The molecule has 21 heavy (non-hydrogen) atoms. The number of carbonyl (C=O) groups excluding carboxylic acids is 1. The number of carboxylic acid groups (broad SMARTS) is 1. The van der Waals surface area contributed by atoms with Crippen molar-refractivity contribution in [1.29, 1.82) is 0 Å². The first-order valence-electron chi connectivity index (χ1n) is 7.68. The summed E-state index contributed by atoms with van der Waals surface area (Å²) in [6.45, 7) is 2.59. The average Bonchev–Trinajstić information content (AvgIpc) is 2.43. The molecule has 6 heteroatoms. The fourth-order valence-corrected chi connectivity index (χ4v) is 2.87. The molecule has 1 atom stereocenters. The van der Waals surface area contributed by atoms with Crippen molar-refractivity contribution >= 4 is 12.0 Å². The van der Waals surface area contributed by atoms with Gasteiger partial charge in [-0.2, -0.15) is 0 Å². The number of carboxylic acids is 1. The zero-order chi connectivity index (χ0) is 16.0. The Morgan fingerprint density at radius 1 is 1.19 bits per heavy atom. The molecule has 1 unspecified atom stereocenters. The van der Waals surface area contributed by atoms with E-state index in [1.165, 1.54) is 0 Å². The fraction of sp³-hybridized carbons (Fsp3) is 0.867. The maximum absolute atomic E-state index is 12.4. The van der Waals surface area contributed by atoms with Crippen LogP contribution in [0.5, 0.6) is 0 Å². The van der Waals surface area contributed by atoms with E-state index in [0.717, 1.165) is 32.1 Å². The van der Waals surface area contributed by atoms with Crippen LogP contribution in [0.4, 0.5) is 4.79 Å². The molecular formula is C15H29N3O3. The van der Waals surface area contributed by atoms with Crippen LogP contribution in [-0.2, 0) is 4.79 Å². The van der Waals surface area contributed by atoms with Crippen LogP contribution in [0.15, 0.2) is 0 Å². The van der Waals surface area contributed by atoms with Crippen molar-refractivity contribution in [3.8, 4) is 0 Å². The Morgan fingerprint density at radius 3 is 2.24 bits per heavy atom. The van der Waals surface area contributed by atoms with Crippen LogP contribution in [0, 0.1) is 0 Å². The highest BCUT2D eigenvalue weighted by molar-refractivity contribution is 5.76. The van der Waals surface area contributed by atoms with E-state index in [0.29, 0.717) is 6.54 Å². The SMILES string of the molecule is CC(CNC(=O)N(C)C1(CC(=O)O)CCCCC1)N(C)C. The number of hydrogen-bond donors (Lipinski definition) is 2. The molecule has 0 aromatic carbocycles. The number of likely N-dealkylation sites (N-methyl/N-ethyl adjacent to an activating group) is 1. The fourth-order valence-electron chi connectivity index (χ4n) is 2.87. The second-order valence-electron chi connectivity index (χ2n) is 6.41. The Labute approximate surface area is 127 Å². The smallest absolute Gasteiger partial charge is 0.317 e. The second kappa shape index (κ2) is 7.64. The highest BCUT2D eigenvalue weighted by Gasteiger charge is 2.40. The summed E-state index contributed by atoms with van der Waals surface area (Å²) in [5, 5.41) is 12.1.